The predicted octanol–water partition coefficient (Wildman–Crippen LogP) is 3.86. The summed E-state index contributed by atoms with van der Waals surface area (Å²) in [7, 11) is 1.83. The summed E-state index contributed by atoms with van der Waals surface area (Å²) in [5, 5.41) is 0.680. The molecule has 0 saturated heterocycles. The van der Waals surface area contributed by atoms with Gasteiger partial charge in [-0.05, 0) is 28.8 Å². The van der Waals surface area contributed by atoms with Gasteiger partial charge in [-0.25, -0.2) is 4.98 Å². The normalized spacial score (nSPS) is 10.6. The van der Waals surface area contributed by atoms with E-state index >= 15 is 0 Å². The molecule has 0 spiro atoms. The van der Waals surface area contributed by atoms with Gasteiger partial charge in [-0.2, -0.15) is 0 Å². The molecule has 1 aromatic heterocycles. The summed E-state index contributed by atoms with van der Waals surface area (Å²) < 4.78 is 0. The van der Waals surface area contributed by atoms with E-state index < -0.39 is 0 Å². The van der Waals surface area contributed by atoms with E-state index in [2.05, 4.69) is 34.2 Å². The molecule has 0 aliphatic rings. The molecule has 0 radical (unpaired) electrons. The number of hydrogen-bond acceptors (Lipinski definition) is 2. The minimum absolute atomic E-state index is 0.0869. The molecule has 0 aliphatic carbocycles. The van der Waals surface area contributed by atoms with E-state index in [-0.39, 0.29) is 5.91 Å². The van der Waals surface area contributed by atoms with E-state index in [1.165, 1.54) is 5.56 Å². The van der Waals surface area contributed by atoms with Crippen LogP contribution in [0.25, 0.3) is 0 Å². The van der Waals surface area contributed by atoms with Gasteiger partial charge >= 0.3 is 0 Å². The molecule has 25 heavy (non-hydrogen) atoms. The SMILES string of the molecule is CN(Cc1ccc(Cc2cnc[nH]2)cc1)C(=O)Cc1ccc(Cl)cc1. The van der Waals surface area contributed by atoms with Gasteiger partial charge in [0, 0.05) is 36.9 Å². The zero-order chi connectivity index (χ0) is 17.6. The second-order valence-corrected chi connectivity index (χ2v) is 6.56. The Morgan fingerprint density at radius 3 is 2.32 bits per heavy atom. The first-order valence-electron chi connectivity index (χ1n) is 8.13. The van der Waals surface area contributed by atoms with Gasteiger partial charge in [0.25, 0.3) is 0 Å². The van der Waals surface area contributed by atoms with Gasteiger partial charge < -0.3 is 9.88 Å². The Hall–Kier alpha value is -2.59. The number of likely N-dealkylation sites (N-methyl/N-ethyl adjacent to an activating group) is 1. The zero-order valence-electron chi connectivity index (χ0n) is 14.1. The van der Waals surface area contributed by atoms with Gasteiger partial charge in [-0.15, -0.1) is 0 Å². The van der Waals surface area contributed by atoms with Crippen molar-refractivity contribution >= 4 is 17.5 Å². The largest absolute Gasteiger partial charge is 0.348 e. The molecule has 1 amide bonds. The number of aromatic nitrogens is 2. The van der Waals surface area contributed by atoms with Crippen LogP contribution >= 0.6 is 11.6 Å². The van der Waals surface area contributed by atoms with E-state index in [4.69, 9.17) is 11.6 Å². The molecule has 0 aliphatic heterocycles. The number of nitrogens with zero attached hydrogens (tertiary/aromatic N) is 2. The number of nitrogens with one attached hydrogen (secondary N) is 1. The molecule has 0 unspecified atom stereocenters. The third-order valence-corrected chi connectivity index (χ3v) is 4.34. The second-order valence-electron chi connectivity index (χ2n) is 6.12. The van der Waals surface area contributed by atoms with Crippen LogP contribution in [0, 0.1) is 0 Å². The van der Waals surface area contributed by atoms with Crippen LogP contribution in [0.3, 0.4) is 0 Å². The van der Waals surface area contributed by atoms with Crippen molar-refractivity contribution in [1.82, 2.24) is 14.9 Å². The Labute approximate surface area is 152 Å². The van der Waals surface area contributed by atoms with Crippen molar-refractivity contribution < 1.29 is 4.79 Å². The molecule has 0 fully saturated rings. The molecule has 3 rings (SSSR count). The van der Waals surface area contributed by atoms with Crippen LogP contribution in [0.15, 0.2) is 61.1 Å². The van der Waals surface area contributed by atoms with Crippen LogP contribution in [-0.4, -0.2) is 27.8 Å². The summed E-state index contributed by atoms with van der Waals surface area (Å²) in [6, 6.07) is 15.7. The molecular weight excluding hydrogens is 334 g/mol. The van der Waals surface area contributed by atoms with Crippen LogP contribution < -0.4 is 0 Å². The molecule has 2 aromatic carbocycles. The maximum atomic E-state index is 12.4. The van der Waals surface area contributed by atoms with Crippen LogP contribution in [0.4, 0.5) is 0 Å². The van der Waals surface area contributed by atoms with E-state index in [0.29, 0.717) is 18.0 Å². The number of halogens is 1. The maximum absolute atomic E-state index is 12.4. The standard InChI is InChI=1S/C20H20ClN3O/c1-24(20(25)11-16-6-8-18(21)9-7-16)13-17-4-2-15(3-5-17)10-19-12-22-14-23-19/h2-9,12,14H,10-11,13H2,1H3,(H,22,23). The van der Waals surface area contributed by atoms with Crippen molar-refractivity contribution in [3.63, 3.8) is 0 Å². The van der Waals surface area contributed by atoms with E-state index in [9.17, 15) is 4.79 Å². The lowest BCUT2D eigenvalue weighted by molar-refractivity contribution is -0.129. The number of carbonyl (C=O) groups is 1. The van der Waals surface area contributed by atoms with Crippen molar-refractivity contribution in [1.29, 1.82) is 0 Å². The molecule has 1 N–H and O–H groups in total. The third kappa shape index (κ3) is 4.94. The first-order valence-corrected chi connectivity index (χ1v) is 8.51. The highest BCUT2D eigenvalue weighted by Crippen LogP contribution is 2.13. The van der Waals surface area contributed by atoms with Crippen LogP contribution in [0.1, 0.15) is 22.4 Å². The van der Waals surface area contributed by atoms with Crippen molar-refractivity contribution in [2.45, 2.75) is 19.4 Å². The zero-order valence-corrected chi connectivity index (χ0v) is 14.8. The van der Waals surface area contributed by atoms with Gasteiger partial charge in [0.05, 0.1) is 12.7 Å². The minimum Gasteiger partial charge on any atom is -0.348 e. The Morgan fingerprint density at radius 2 is 1.68 bits per heavy atom. The summed E-state index contributed by atoms with van der Waals surface area (Å²) in [5.41, 5.74) is 4.38. The first-order chi connectivity index (χ1) is 12.1. The quantitative estimate of drug-likeness (QED) is 0.731. The Morgan fingerprint density at radius 1 is 1.04 bits per heavy atom. The lowest BCUT2D eigenvalue weighted by Gasteiger charge is -2.17. The molecular formula is C20H20ClN3O. The van der Waals surface area contributed by atoms with E-state index in [1.54, 1.807) is 11.2 Å². The highest BCUT2D eigenvalue weighted by Gasteiger charge is 2.10. The molecule has 0 saturated carbocycles. The average Bonchev–Trinajstić information content (AvgIpc) is 3.11. The fourth-order valence-corrected chi connectivity index (χ4v) is 2.76. The monoisotopic (exact) mass is 353 g/mol. The Kier molecular flexibility index (Phi) is 5.51. The summed E-state index contributed by atoms with van der Waals surface area (Å²) in [6.45, 7) is 0.594. The summed E-state index contributed by atoms with van der Waals surface area (Å²) >= 11 is 5.87. The van der Waals surface area contributed by atoms with Crippen LogP contribution in [0.5, 0.6) is 0 Å². The molecule has 4 nitrogen and oxygen atoms in total. The topological polar surface area (TPSA) is 49.0 Å². The number of carbonyl (C=O) groups excluding carboxylic acids is 1. The van der Waals surface area contributed by atoms with Crippen LogP contribution in [-0.2, 0) is 24.2 Å². The van der Waals surface area contributed by atoms with E-state index in [0.717, 1.165) is 23.2 Å². The lowest BCUT2D eigenvalue weighted by atomic mass is 10.1. The van der Waals surface area contributed by atoms with Gasteiger partial charge in [0.1, 0.15) is 0 Å². The van der Waals surface area contributed by atoms with E-state index in [1.807, 2.05) is 37.5 Å². The van der Waals surface area contributed by atoms with Crippen molar-refractivity contribution in [3.8, 4) is 0 Å². The first kappa shape index (κ1) is 17.2. The number of hydrogen-bond donors (Lipinski definition) is 1. The minimum atomic E-state index is 0.0869. The Bertz CT molecular complexity index is 811. The molecule has 0 atom stereocenters. The molecule has 0 bridgehead atoms. The molecule has 128 valence electrons. The summed E-state index contributed by atoms with van der Waals surface area (Å²) in [6.07, 6.45) is 4.72. The number of rotatable bonds is 6. The van der Waals surface area contributed by atoms with Gasteiger partial charge in [0.2, 0.25) is 5.91 Å². The average molecular weight is 354 g/mol. The van der Waals surface area contributed by atoms with Crippen LogP contribution in [0.2, 0.25) is 5.02 Å². The number of H-pyrrole nitrogens is 1. The number of aromatic amines is 1. The maximum Gasteiger partial charge on any atom is 0.227 e. The van der Waals surface area contributed by atoms with Gasteiger partial charge in [0.15, 0.2) is 0 Å². The summed E-state index contributed by atoms with van der Waals surface area (Å²) in [5.74, 6) is 0.0869. The fraction of sp³-hybridized carbons (Fsp3) is 0.200. The molecule has 5 heteroatoms. The Balaban J connectivity index is 1.55. The predicted molar refractivity (Wildman–Crippen MR) is 99.5 cm³/mol. The number of benzene rings is 2. The highest BCUT2D eigenvalue weighted by atomic mass is 35.5. The van der Waals surface area contributed by atoms with Crippen molar-refractivity contribution in [2.75, 3.05) is 7.05 Å². The van der Waals surface area contributed by atoms with Gasteiger partial charge in [-0.3, -0.25) is 4.79 Å². The lowest BCUT2D eigenvalue weighted by Crippen LogP contribution is -2.27. The van der Waals surface area contributed by atoms with Crippen molar-refractivity contribution in [3.05, 3.63) is 88.5 Å². The van der Waals surface area contributed by atoms with Gasteiger partial charge in [-0.1, -0.05) is 48.0 Å². The fourth-order valence-electron chi connectivity index (χ4n) is 2.64. The van der Waals surface area contributed by atoms with Crippen molar-refractivity contribution in [2.24, 2.45) is 0 Å². The number of amides is 1. The summed E-state index contributed by atoms with van der Waals surface area (Å²) in [4.78, 5) is 21.2. The molecule has 1 heterocycles. The second kappa shape index (κ2) is 7.99. The molecule has 3 aromatic rings. The third-order valence-electron chi connectivity index (χ3n) is 4.09. The highest BCUT2D eigenvalue weighted by molar-refractivity contribution is 6.30. The number of imidazole rings is 1. The smallest absolute Gasteiger partial charge is 0.227 e.